The van der Waals surface area contributed by atoms with Gasteiger partial charge in [0.15, 0.2) is 4.80 Å². The molecule has 0 radical (unpaired) electrons. The fraction of sp³-hybridized carbons (Fsp3) is 0.160. The molecule has 0 unspecified atom stereocenters. The highest BCUT2D eigenvalue weighted by Gasteiger charge is 2.30. The van der Waals surface area contributed by atoms with Crippen molar-refractivity contribution < 1.29 is 9.53 Å². The Kier molecular flexibility index (Phi) is 6.98. The van der Waals surface area contributed by atoms with Crippen molar-refractivity contribution in [1.29, 1.82) is 0 Å². The van der Waals surface area contributed by atoms with Crippen molar-refractivity contribution in [2.45, 2.75) is 19.9 Å². The van der Waals surface area contributed by atoms with E-state index in [9.17, 15) is 9.59 Å². The van der Waals surface area contributed by atoms with E-state index >= 15 is 0 Å². The van der Waals surface area contributed by atoms with Crippen LogP contribution < -0.4 is 14.9 Å². The van der Waals surface area contributed by atoms with Gasteiger partial charge in [-0.3, -0.25) is 9.36 Å². The first-order chi connectivity index (χ1) is 15.9. The highest BCUT2D eigenvalue weighted by Crippen LogP contribution is 2.26. The van der Waals surface area contributed by atoms with Gasteiger partial charge in [-0.25, -0.2) is 9.79 Å². The van der Waals surface area contributed by atoms with Crippen LogP contribution >= 0.6 is 34.5 Å². The van der Waals surface area contributed by atoms with E-state index in [1.54, 1.807) is 38.1 Å². The van der Waals surface area contributed by atoms with Gasteiger partial charge in [-0.15, -0.1) is 0 Å². The number of rotatable bonds is 5. The van der Waals surface area contributed by atoms with E-state index in [-0.39, 0.29) is 12.2 Å². The lowest BCUT2D eigenvalue weighted by Crippen LogP contribution is -2.38. The highest BCUT2D eigenvalue weighted by atomic mass is 35.5. The van der Waals surface area contributed by atoms with E-state index in [1.807, 2.05) is 42.5 Å². The highest BCUT2D eigenvalue weighted by molar-refractivity contribution is 7.07. The summed E-state index contributed by atoms with van der Waals surface area (Å²) < 4.78 is 7.26. The van der Waals surface area contributed by atoms with Crippen LogP contribution in [0, 0.1) is 0 Å². The molecule has 1 aliphatic rings. The van der Waals surface area contributed by atoms with Gasteiger partial charge in [0.05, 0.1) is 28.5 Å². The number of aromatic nitrogens is 1. The summed E-state index contributed by atoms with van der Waals surface area (Å²) in [6.07, 6.45) is 5.43. The average molecular weight is 499 g/mol. The Morgan fingerprint density at radius 2 is 1.97 bits per heavy atom. The maximum absolute atomic E-state index is 13.5. The van der Waals surface area contributed by atoms with E-state index in [0.717, 1.165) is 5.56 Å². The Labute approximate surface area is 204 Å². The maximum atomic E-state index is 13.5. The van der Waals surface area contributed by atoms with Crippen molar-refractivity contribution >= 4 is 52.7 Å². The van der Waals surface area contributed by atoms with Gasteiger partial charge >= 0.3 is 5.97 Å². The average Bonchev–Trinajstić information content (AvgIpc) is 3.09. The van der Waals surface area contributed by atoms with Gasteiger partial charge in [-0.05, 0) is 43.2 Å². The Bertz CT molecular complexity index is 1450. The molecule has 0 spiro atoms. The standard InChI is InChI=1S/C25H20Cl2N2O3S/c1-3-32-24(31)22-15(2)28-25-29(20(22)12-9-16-7-5-4-6-8-16)23(30)21(33-25)13-17-10-11-18(26)14-19(17)27/h4-14,20H,3H2,1-2H3/b12-9+,21-13-/t20-/m0/s1. The van der Waals surface area contributed by atoms with Gasteiger partial charge in [-0.1, -0.05) is 83.1 Å². The minimum atomic E-state index is -0.650. The molecule has 1 aliphatic heterocycles. The SMILES string of the molecule is CCOC(=O)C1=C(C)N=c2s/c(=C\c3ccc(Cl)cc3Cl)c(=O)n2[C@H]1/C=C/c1ccccc1. The number of thiazole rings is 1. The summed E-state index contributed by atoms with van der Waals surface area (Å²) in [5, 5.41) is 0.955. The van der Waals surface area contributed by atoms with Crippen LogP contribution in [0.15, 0.2) is 75.7 Å². The fourth-order valence-electron chi connectivity index (χ4n) is 3.54. The number of carbonyl (C=O) groups excluding carboxylic acids is 1. The van der Waals surface area contributed by atoms with Gasteiger partial charge in [0.1, 0.15) is 0 Å². The van der Waals surface area contributed by atoms with E-state index in [2.05, 4.69) is 4.99 Å². The third kappa shape index (κ3) is 4.88. The predicted molar refractivity (Wildman–Crippen MR) is 133 cm³/mol. The molecule has 2 heterocycles. The monoisotopic (exact) mass is 498 g/mol. The van der Waals surface area contributed by atoms with Crippen molar-refractivity contribution in [3.63, 3.8) is 0 Å². The Hall–Kier alpha value is -2.93. The van der Waals surface area contributed by atoms with E-state index in [0.29, 0.717) is 36.2 Å². The van der Waals surface area contributed by atoms with Crippen molar-refractivity contribution in [3.8, 4) is 0 Å². The lowest BCUT2D eigenvalue weighted by molar-refractivity contribution is -0.139. The maximum Gasteiger partial charge on any atom is 0.338 e. The Balaban J connectivity index is 1.89. The number of carbonyl (C=O) groups is 1. The third-order valence-corrected chi connectivity index (χ3v) is 6.62. The number of fused-ring (bicyclic) bond motifs is 1. The molecule has 5 nitrogen and oxygen atoms in total. The summed E-state index contributed by atoms with van der Waals surface area (Å²) in [4.78, 5) is 31.3. The van der Waals surface area contributed by atoms with Crippen LogP contribution in [0.4, 0.5) is 0 Å². The van der Waals surface area contributed by atoms with Crippen LogP contribution in [0.5, 0.6) is 0 Å². The van der Waals surface area contributed by atoms with Crippen LogP contribution in [0.25, 0.3) is 12.2 Å². The van der Waals surface area contributed by atoms with Crippen molar-refractivity contribution in [2.75, 3.05) is 6.61 Å². The molecule has 2 aromatic carbocycles. The molecular weight excluding hydrogens is 479 g/mol. The number of allylic oxidation sites excluding steroid dienone is 2. The lowest BCUT2D eigenvalue weighted by Gasteiger charge is -2.21. The molecule has 33 heavy (non-hydrogen) atoms. The quantitative estimate of drug-likeness (QED) is 0.476. The van der Waals surface area contributed by atoms with Crippen LogP contribution in [0.3, 0.4) is 0 Å². The molecule has 1 atom stereocenters. The summed E-state index contributed by atoms with van der Waals surface area (Å²) in [6.45, 7) is 3.72. The summed E-state index contributed by atoms with van der Waals surface area (Å²) in [7, 11) is 0. The Morgan fingerprint density at radius 3 is 2.67 bits per heavy atom. The first-order valence-electron chi connectivity index (χ1n) is 10.3. The van der Waals surface area contributed by atoms with Crippen LogP contribution in [0.1, 0.15) is 31.0 Å². The first-order valence-corrected chi connectivity index (χ1v) is 11.8. The van der Waals surface area contributed by atoms with Crippen molar-refractivity contribution in [1.82, 2.24) is 4.57 Å². The number of hydrogen-bond acceptors (Lipinski definition) is 5. The summed E-state index contributed by atoms with van der Waals surface area (Å²) >= 11 is 13.5. The normalized spacial score (nSPS) is 16.1. The molecule has 3 aromatic rings. The minimum absolute atomic E-state index is 0.226. The molecule has 1 aromatic heterocycles. The van der Waals surface area contributed by atoms with Crippen molar-refractivity contribution in [2.24, 2.45) is 4.99 Å². The van der Waals surface area contributed by atoms with Gasteiger partial charge in [0.2, 0.25) is 0 Å². The second-order valence-electron chi connectivity index (χ2n) is 7.28. The first kappa shape index (κ1) is 23.2. The number of nitrogens with zero attached hydrogens (tertiary/aromatic N) is 2. The number of benzene rings is 2. The topological polar surface area (TPSA) is 60.7 Å². The third-order valence-electron chi connectivity index (χ3n) is 5.08. The predicted octanol–water partition coefficient (Wildman–Crippen LogP) is 4.77. The molecule has 0 saturated carbocycles. The van der Waals surface area contributed by atoms with Gasteiger partial charge in [0, 0.05) is 10.0 Å². The van der Waals surface area contributed by atoms with Gasteiger partial charge in [0.25, 0.3) is 5.56 Å². The molecule has 8 heteroatoms. The van der Waals surface area contributed by atoms with Crippen LogP contribution in [-0.2, 0) is 9.53 Å². The smallest absolute Gasteiger partial charge is 0.338 e. The van der Waals surface area contributed by atoms with Crippen molar-refractivity contribution in [3.05, 3.63) is 107 Å². The zero-order chi connectivity index (χ0) is 23.5. The van der Waals surface area contributed by atoms with Crippen LogP contribution in [-0.4, -0.2) is 17.1 Å². The fourth-order valence-corrected chi connectivity index (χ4v) is 5.05. The lowest BCUT2D eigenvalue weighted by atomic mass is 10.0. The zero-order valence-corrected chi connectivity index (χ0v) is 20.2. The molecule has 168 valence electrons. The minimum Gasteiger partial charge on any atom is -0.463 e. The molecule has 0 bridgehead atoms. The molecule has 0 aliphatic carbocycles. The van der Waals surface area contributed by atoms with Gasteiger partial charge in [-0.2, -0.15) is 0 Å². The summed E-state index contributed by atoms with van der Waals surface area (Å²) in [5.41, 5.74) is 2.22. The molecule has 0 fully saturated rings. The number of esters is 1. The van der Waals surface area contributed by atoms with Crippen LogP contribution in [0.2, 0.25) is 10.0 Å². The van der Waals surface area contributed by atoms with Gasteiger partial charge < -0.3 is 4.74 Å². The number of hydrogen-bond donors (Lipinski definition) is 0. The molecular formula is C25H20Cl2N2O3S. The second-order valence-corrected chi connectivity index (χ2v) is 9.13. The molecule has 4 rings (SSSR count). The largest absolute Gasteiger partial charge is 0.463 e. The van der Waals surface area contributed by atoms with E-state index < -0.39 is 12.0 Å². The number of ether oxygens (including phenoxy) is 1. The number of halogens is 2. The Morgan fingerprint density at radius 1 is 1.21 bits per heavy atom. The molecule has 0 amide bonds. The molecule has 0 N–H and O–H groups in total. The van der Waals surface area contributed by atoms with E-state index in [4.69, 9.17) is 27.9 Å². The summed E-state index contributed by atoms with van der Waals surface area (Å²) in [5.74, 6) is -0.489. The second kappa shape index (κ2) is 9.91. The molecule has 0 saturated heterocycles. The van der Waals surface area contributed by atoms with E-state index in [1.165, 1.54) is 15.9 Å². The zero-order valence-electron chi connectivity index (χ0n) is 17.9. The summed E-state index contributed by atoms with van der Waals surface area (Å²) in [6, 6.07) is 14.1.